The Balaban J connectivity index is 2.27. The number of hydrogen-bond donors (Lipinski definition) is 2. The van der Waals surface area contributed by atoms with E-state index in [1.807, 2.05) is 0 Å². The summed E-state index contributed by atoms with van der Waals surface area (Å²) in [6, 6.07) is 0. The largest absolute Gasteiger partial charge is 0.476 e. The van der Waals surface area contributed by atoms with E-state index in [0.29, 0.717) is 17.8 Å². The molecule has 0 aliphatic rings. The number of H-pyrrole nitrogens is 1. The fraction of sp³-hybridized carbons (Fsp3) is 0.286. The lowest BCUT2D eigenvalue weighted by Gasteiger charge is -1.97. The Labute approximate surface area is 83.9 Å². The lowest BCUT2D eigenvalue weighted by Crippen LogP contribution is -2.03. The van der Waals surface area contributed by atoms with Crippen molar-refractivity contribution in [3.63, 3.8) is 0 Å². The minimum Gasteiger partial charge on any atom is -0.476 e. The molecule has 8 nitrogen and oxygen atoms in total. The Morgan fingerprint density at radius 1 is 1.67 bits per heavy atom. The third-order valence-corrected chi connectivity index (χ3v) is 2.02. The molecule has 2 rings (SSSR count). The van der Waals surface area contributed by atoms with E-state index in [9.17, 15) is 4.79 Å². The van der Waals surface area contributed by atoms with Gasteiger partial charge >= 0.3 is 5.97 Å². The van der Waals surface area contributed by atoms with Crippen LogP contribution in [0.15, 0.2) is 6.33 Å². The summed E-state index contributed by atoms with van der Waals surface area (Å²) < 4.78 is 1.48. The first-order valence-corrected chi connectivity index (χ1v) is 4.16. The maximum Gasteiger partial charge on any atom is 0.356 e. The Morgan fingerprint density at radius 2 is 2.47 bits per heavy atom. The highest BCUT2D eigenvalue weighted by atomic mass is 16.4. The number of carbonyl (C=O) groups is 1. The van der Waals surface area contributed by atoms with E-state index in [1.54, 1.807) is 6.92 Å². The molecule has 0 aliphatic carbocycles. The van der Waals surface area contributed by atoms with Crippen molar-refractivity contribution in [1.29, 1.82) is 0 Å². The number of aromatic nitrogens is 6. The first-order valence-electron chi connectivity index (χ1n) is 4.16. The molecule has 2 aromatic heterocycles. The van der Waals surface area contributed by atoms with Crippen molar-refractivity contribution in [2.45, 2.75) is 13.5 Å². The van der Waals surface area contributed by atoms with Crippen LogP contribution in [0.5, 0.6) is 0 Å². The van der Waals surface area contributed by atoms with Crippen molar-refractivity contribution in [3.8, 4) is 0 Å². The summed E-state index contributed by atoms with van der Waals surface area (Å²) in [6.45, 7) is 2.06. The van der Waals surface area contributed by atoms with Gasteiger partial charge < -0.3 is 5.11 Å². The van der Waals surface area contributed by atoms with E-state index in [2.05, 4.69) is 25.7 Å². The molecule has 0 unspecified atom stereocenters. The van der Waals surface area contributed by atoms with Crippen molar-refractivity contribution in [2.75, 3.05) is 0 Å². The van der Waals surface area contributed by atoms with Crippen molar-refractivity contribution >= 4 is 5.97 Å². The number of carboxylic acids is 1. The van der Waals surface area contributed by atoms with Crippen LogP contribution in [0.3, 0.4) is 0 Å². The van der Waals surface area contributed by atoms with Crippen molar-refractivity contribution in [3.05, 3.63) is 23.3 Å². The molecule has 2 heterocycles. The second-order valence-electron chi connectivity index (χ2n) is 2.99. The Hall–Kier alpha value is -2.25. The van der Waals surface area contributed by atoms with Crippen LogP contribution < -0.4 is 0 Å². The quantitative estimate of drug-likeness (QED) is 0.700. The zero-order valence-electron chi connectivity index (χ0n) is 7.88. The fourth-order valence-corrected chi connectivity index (χ4v) is 1.21. The zero-order valence-corrected chi connectivity index (χ0v) is 7.88. The Bertz CT molecular complexity index is 474. The second kappa shape index (κ2) is 3.48. The predicted octanol–water partition coefficient (Wildman–Crippen LogP) is -0.549. The molecule has 0 atom stereocenters. The number of carboxylic acid groups (broad SMARTS) is 1. The number of aromatic carboxylic acids is 1. The van der Waals surface area contributed by atoms with E-state index >= 15 is 0 Å². The van der Waals surface area contributed by atoms with Crippen molar-refractivity contribution in [1.82, 2.24) is 30.4 Å². The molecule has 2 N–H and O–H groups in total. The topological polar surface area (TPSA) is 110 Å². The average Bonchev–Trinajstić information content (AvgIpc) is 2.78. The summed E-state index contributed by atoms with van der Waals surface area (Å²) in [5.41, 5.74) is 1.30. The molecule has 0 amide bonds. The van der Waals surface area contributed by atoms with E-state index < -0.39 is 5.97 Å². The maximum atomic E-state index is 10.7. The van der Waals surface area contributed by atoms with Gasteiger partial charge in [0.05, 0.1) is 12.2 Å². The van der Waals surface area contributed by atoms with Crippen LogP contribution >= 0.6 is 0 Å². The van der Waals surface area contributed by atoms with Crippen LogP contribution in [0.25, 0.3) is 0 Å². The number of nitrogens with one attached hydrogen (secondary N) is 1. The molecule has 0 radical (unpaired) electrons. The van der Waals surface area contributed by atoms with E-state index in [0.717, 1.165) is 0 Å². The summed E-state index contributed by atoms with van der Waals surface area (Å²) in [5, 5.41) is 25.7. The molecule has 0 spiro atoms. The fourth-order valence-electron chi connectivity index (χ4n) is 1.21. The summed E-state index contributed by atoms with van der Waals surface area (Å²) in [4.78, 5) is 10.7. The number of nitrogens with zero attached hydrogens (tertiary/aromatic N) is 5. The van der Waals surface area contributed by atoms with Gasteiger partial charge in [-0.3, -0.25) is 5.10 Å². The minimum atomic E-state index is -1.05. The summed E-state index contributed by atoms with van der Waals surface area (Å²) >= 11 is 0. The number of aromatic amines is 1. The maximum absolute atomic E-state index is 10.7. The van der Waals surface area contributed by atoms with Gasteiger partial charge in [0.1, 0.15) is 6.33 Å². The molecular formula is C7H8N6O2. The molecule has 0 saturated heterocycles. The summed E-state index contributed by atoms with van der Waals surface area (Å²) in [6.07, 6.45) is 1.45. The molecule has 0 fully saturated rings. The molecule has 8 heteroatoms. The van der Waals surface area contributed by atoms with Crippen molar-refractivity contribution in [2.24, 2.45) is 0 Å². The third kappa shape index (κ3) is 1.68. The Morgan fingerprint density at radius 3 is 3.00 bits per heavy atom. The van der Waals surface area contributed by atoms with Gasteiger partial charge in [-0.25, -0.2) is 9.48 Å². The van der Waals surface area contributed by atoms with Gasteiger partial charge in [0.2, 0.25) is 0 Å². The highest BCUT2D eigenvalue weighted by Crippen LogP contribution is 2.10. The standard InChI is InChI=1S/C7H8N6O2/c1-4-5(2-13-3-8-11-12-13)9-10-6(4)7(14)15/h3H,2H2,1H3,(H,9,10)(H,14,15). The van der Waals surface area contributed by atoms with Crippen LogP contribution in [0.2, 0.25) is 0 Å². The van der Waals surface area contributed by atoms with E-state index in [1.165, 1.54) is 11.0 Å². The SMILES string of the molecule is Cc1c(C(=O)O)n[nH]c1Cn1cnnn1. The van der Waals surface area contributed by atoms with Gasteiger partial charge in [-0.2, -0.15) is 5.10 Å². The number of tetrazole rings is 1. The van der Waals surface area contributed by atoms with Gasteiger partial charge in [0.25, 0.3) is 0 Å². The second-order valence-corrected chi connectivity index (χ2v) is 2.99. The van der Waals surface area contributed by atoms with Gasteiger partial charge in [0, 0.05) is 5.56 Å². The smallest absolute Gasteiger partial charge is 0.356 e. The molecule has 0 aromatic carbocycles. The molecule has 0 aliphatic heterocycles. The molecule has 78 valence electrons. The Kier molecular flexibility index (Phi) is 2.16. The van der Waals surface area contributed by atoms with Crippen LogP contribution in [-0.2, 0) is 6.54 Å². The van der Waals surface area contributed by atoms with Crippen LogP contribution in [0.4, 0.5) is 0 Å². The lowest BCUT2D eigenvalue weighted by atomic mass is 10.2. The molecule has 2 aromatic rings. The van der Waals surface area contributed by atoms with E-state index in [-0.39, 0.29) is 5.69 Å². The van der Waals surface area contributed by atoms with Gasteiger partial charge in [0.15, 0.2) is 5.69 Å². The van der Waals surface area contributed by atoms with Crippen LogP contribution in [0, 0.1) is 6.92 Å². The first-order chi connectivity index (χ1) is 7.18. The summed E-state index contributed by atoms with van der Waals surface area (Å²) in [5.74, 6) is -1.05. The minimum absolute atomic E-state index is 0.0260. The van der Waals surface area contributed by atoms with Gasteiger partial charge in [-0.05, 0) is 17.4 Å². The number of rotatable bonds is 3. The monoisotopic (exact) mass is 208 g/mol. The molecule has 0 saturated carbocycles. The van der Waals surface area contributed by atoms with Gasteiger partial charge in [-0.15, -0.1) is 5.10 Å². The van der Waals surface area contributed by atoms with Crippen LogP contribution in [0.1, 0.15) is 21.7 Å². The predicted molar refractivity (Wildman–Crippen MR) is 47.2 cm³/mol. The van der Waals surface area contributed by atoms with Crippen LogP contribution in [-0.4, -0.2) is 41.5 Å². The first kappa shape index (κ1) is 9.31. The normalized spacial score (nSPS) is 10.5. The molecule has 15 heavy (non-hydrogen) atoms. The zero-order chi connectivity index (χ0) is 10.8. The highest BCUT2D eigenvalue weighted by Gasteiger charge is 2.15. The summed E-state index contributed by atoms with van der Waals surface area (Å²) in [7, 11) is 0. The van der Waals surface area contributed by atoms with E-state index in [4.69, 9.17) is 5.11 Å². The average molecular weight is 208 g/mol. The van der Waals surface area contributed by atoms with Gasteiger partial charge in [-0.1, -0.05) is 0 Å². The van der Waals surface area contributed by atoms with Crippen molar-refractivity contribution < 1.29 is 9.90 Å². The molecule has 0 bridgehead atoms. The lowest BCUT2D eigenvalue weighted by molar-refractivity contribution is 0.0689. The number of hydrogen-bond acceptors (Lipinski definition) is 5. The molecular weight excluding hydrogens is 200 g/mol. The third-order valence-electron chi connectivity index (χ3n) is 2.02. The highest BCUT2D eigenvalue weighted by molar-refractivity contribution is 5.87.